The molecular weight excluding hydrogens is 284 g/mol. The van der Waals surface area contributed by atoms with Crippen molar-refractivity contribution in [2.45, 2.75) is 32.5 Å². The fourth-order valence-corrected chi connectivity index (χ4v) is 2.56. The second-order valence-corrected chi connectivity index (χ2v) is 5.80. The maximum atomic E-state index is 5.85. The summed E-state index contributed by atoms with van der Waals surface area (Å²) in [6.07, 6.45) is 0.155. The van der Waals surface area contributed by atoms with Crippen molar-refractivity contribution < 1.29 is 4.74 Å². The summed E-state index contributed by atoms with van der Waals surface area (Å²) in [6, 6.07) is 1.69. The molecule has 2 heterocycles. The highest BCUT2D eigenvalue weighted by Gasteiger charge is 2.32. The van der Waals surface area contributed by atoms with Gasteiger partial charge in [0.1, 0.15) is 10.4 Å². The van der Waals surface area contributed by atoms with Gasteiger partial charge in [0.2, 0.25) is 5.95 Å². The van der Waals surface area contributed by atoms with Crippen molar-refractivity contribution in [3.8, 4) is 0 Å². The van der Waals surface area contributed by atoms with Crippen molar-refractivity contribution in [3.05, 3.63) is 10.7 Å². The van der Waals surface area contributed by atoms with E-state index in [4.69, 9.17) is 10.5 Å². The second-order valence-electron chi connectivity index (χ2n) is 4.98. The molecule has 94 valence electrons. The van der Waals surface area contributed by atoms with E-state index in [0.717, 1.165) is 13.1 Å². The van der Waals surface area contributed by atoms with E-state index >= 15 is 0 Å². The first kappa shape index (κ1) is 12.6. The van der Waals surface area contributed by atoms with Crippen LogP contribution >= 0.6 is 15.9 Å². The number of morpholine rings is 1. The molecule has 0 radical (unpaired) electrons. The van der Waals surface area contributed by atoms with E-state index in [-0.39, 0.29) is 11.7 Å². The zero-order chi connectivity index (χ0) is 12.6. The molecule has 0 spiro atoms. The number of nitrogens with two attached hydrogens (primary N) is 1. The summed E-state index contributed by atoms with van der Waals surface area (Å²) < 4.78 is 6.55. The average molecular weight is 301 g/mol. The number of halogens is 1. The van der Waals surface area contributed by atoms with Gasteiger partial charge in [0.15, 0.2) is 0 Å². The van der Waals surface area contributed by atoms with Gasteiger partial charge in [0.25, 0.3) is 0 Å². The fourth-order valence-electron chi connectivity index (χ4n) is 2.17. The smallest absolute Gasteiger partial charge is 0.228 e. The normalized spacial score (nSPS) is 23.8. The molecule has 1 aliphatic heterocycles. The van der Waals surface area contributed by atoms with Crippen LogP contribution in [-0.2, 0) is 4.74 Å². The number of ether oxygens (including phenoxy) is 1. The van der Waals surface area contributed by atoms with Crippen LogP contribution in [0.4, 0.5) is 11.8 Å². The molecule has 1 unspecified atom stereocenters. The van der Waals surface area contributed by atoms with Gasteiger partial charge in [-0.15, -0.1) is 0 Å². The summed E-state index contributed by atoms with van der Waals surface area (Å²) in [5.41, 5.74) is 5.53. The molecule has 5 nitrogen and oxygen atoms in total. The van der Waals surface area contributed by atoms with Gasteiger partial charge in [-0.25, -0.2) is 4.98 Å². The molecule has 0 aliphatic carbocycles. The molecule has 0 saturated carbocycles. The first-order chi connectivity index (χ1) is 7.85. The van der Waals surface area contributed by atoms with Crippen LogP contribution in [-0.4, -0.2) is 34.8 Å². The number of aromatic nitrogens is 2. The highest BCUT2D eigenvalue weighted by Crippen LogP contribution is 2.25. The number of nitrogens with zero attached hydrogens (tertiary/aromatic N) is 3. The lowest BCUT2D eigenvalue weighted by atomic mass is 10.1. The van der Waals surface area contributed by atoms with Gasteiger partial charge in [-0.3, -0.25) is 0 Å². The van der Waals surface area contributed by atoms with E-state index in [1.165, 1.54) is 0 Å². The minimum absolute atomic E-state index is 0.155. The van der Waals surface area contributed by atoms with Gasteiger partial charge in [-0.1, -0.05) is 0 Å². The molecule has 17 heavy (non-hydrogen) atoms. The van der Waals surface area contributed by atoms with E-state index in [0.29, 0.717) is 16.4 Å². The lowest BCUT2D eigenvalue weighted by Crippen LogP contribution is -2.52. The molecule has 0 amide bonds. The Kier molecular flexibility index (Phi) is 3.27. The van der Waals surface area contributed by atoms with Crippen LogP contribution in [0, 0.1) is 0 Å². The Bertz CT molecular complexity index is 404. The predicted octanol–water partition coefficient (Wildman–Crippen LogP) is 1.82. The van der Waals surface area contributed by atoms with Gasteiger partial charge in [0, 0.05) is 19.2 Å². The zero-order valence-corrected chi connectivity index (χ0v) is 11.9. The zero-order valence-electron chi connectivity index (χ0n) is 10.3. The Labute approximate surface area is 110 Å². The van der Waals surface area contributed by atoms with Gasteiger partial charge in [-0.05, 0) is 36.7 Å². The molecular formula is C11H17BrN4O. The van der Waals surface area contributed by atoms with E-state index in [1.54, 1.807) is 6.07 Å². The summed E-state index contributed by atoms with van der Waals surface area (Å²) in [5, 5.41) is 0. The quantitative estimate of drug-likeness (QED) is 0.802. The van der Waals surface area contributed by atoms with E-state index in [9.17, 15) is 0 Å². The molecule has 1 aromatic rings. The molecule has 6 heteroatoms. The fraction of sp³-hybridized carbons (Fsp3) is 0.636. The molecule has 1 atom stereocenters. The van der Waals surface area contributed by atoms with Crippen molar-refractivity contribution in [1.29, 1.82) is 0 Å². The van der Waals surface area contributed by atoms with Crippen molar-refractivity contribution in [3.63, 3.8) is 0 Å². The Hall–Kier alpha value is -0.880. The first-order valence-corrected chi connectivity index (χ1v) is 6.38. The molecule has 2 N–H and O–H groups in total. The Balaban J connectivity index is 2.26. The molecule has 2 rings (SSSR count). The van der Waals surface area contributed by atoms with Crippen LogP contribution in [0.3, 0.4) is 0 Å². The lowest BCUT2D eigenvalue weighted by molar-refractivity contribution is -0.0753. The predicted molar refractivity (Wildman–Crippen MR) is 71.0 cm³/mol. The van der Waals surface area contributed by atoms with Crippen molar-refractivity contribution in [2.24, 2.45) is 0 Å². The molecule has 1 aliphatic rings. The maximum absolute atomic E-state index is 5.85. The van der Waals surface area contributed by atoms with Gasteiger partial charge >= 0.3 is 0 Å². The van der Waals surface area contributed by atoms with Crippen LogP contribution in [0.25, 0.3) is 0 Å². The standard InChI is InChI=1S/C11H17BrN4O/c1-7-5-16(6-11(2,3)17-7)10-14-8(12)4-9(13)15-10/h4,7H,5-6H2,1-3H3,(H2,13,14,15). The minimum atomic E-state index is -0.196. The number of anilines is 2. The third-order valence-corrected chi connectivity index (χ3v) is 2.96. The van der Waals surface area contributed by atoms with Crippen LogP contribution < -0.4 is 10.6 Å². The SMILES string of the molecule is CC1CN(c2nc(N)cc(Br)n2)CC(C)(C)O1. The average Bonchev–Trinajstić information content (AvgIpc) is 2.12. The number of hydrogen-bond donors (Lipinski definition) is 1. The third kappa shape index (κ3) is 3.07. The Morgan fingerprint density at radius 2 is 2.24 bits per heavy atom. The van der Waals surface area contributed by atoms with Crippen molar-refractivity contribution >= 4 is 27.7 Å². The van der Waals surface area contributed by atoms with E-state index < -0.39 is 0 Å². The van der Waals surface area contributed by atoms with Crippen LogP contribution in [0.5, 0.6) is 0 Å². The van der Waals surface area contributed by atoms with E-state index in [1.807, 2.05) is 0 Å². The molecule has 1 fully saturated rings. The first-order valence-electron chi connectivity index (χ1n) is 5.58. The molecule has 1 saturated heterocycles. The van der Waals surface area contributed by atoms with Crippen LogP contribution in [0.1, 0.15) is 20.8 Å². The second kappa shape index (κ2) is 4.42. The summed E-state index contributed by atoms with van der Waals surface area (Å²) in [5.74, 6) is 1.12. The third-order valence-electron chi connectivity index (χ3n) is 2.56. The minimum Gasteiger partial charge on any atom is -0.383 e. The number of rotatable bonds is 1. The monoisotopic (exact) mass is 300 g/mol. The van der Waals surface area contributed by atoms with Crippen molar-refractivity contribution in [1.82, 2.24) is 9.97 Å². The maximum Gasteiger partial charge on any atom is 0.228 e. The number of hydrogen-bond acceptors (Lipinski definition) is 5. The summed E-state index contributed by atoms with van der Waals surface area (Å²) in [6.45, 7) is 7.72. The Morgan fingerprint density at radius 1 is 1.53 bits per heavy atom. The molecule has 0 aromatic carbocycles. The van der Waals surface area contributed by atoms with Gasteiger partial charge in [0.05, 0.1) is 11.7 Å². The van der Waals surface area contributed by atoms with E-state index in [2.05, 4.69) is 51.6 Å². The highest BCUT2D eigenvalue weighted by atomic mass is 79.9. The van der Waals surface area contributed by atoms with Gasteiger partial charge < -0.3 is 15.4 Å². The number of nitrogen functional groups attached to an aromatic ring is 1. The summed E-state index contributed by atoms with van der Waals surface area (Å²) >= 11 is 3.33. The molecule has 0 bridgehead atoms. The highest BCUT2D eigenvalue weighted by molar-refractivity contribution is 9.10. The molecule has 1 aromatic heterocycles. The summed E-state index contributed by atoms with van der Waals surface area (Å²) in [7, 11) is 0. The summed E-state index contributed by atoms with van der Waals surface area (Å²) in [4.78, 5) is 10.7. The lowest BCUT2D eigenvalue weighted by Gasteiger charge is -2.41. The van der Waals surface area contributed by atoms with Crippen LogP contribution in [0.15, 0.2) is 10.7 Å². The van der Waals surface area contributed by atoms with Crippen molar-refractivity contribution in [2.75, 3.05) is 23.7 Å². The largest absolute Gasteiger partial charge is 0.383 e. The Morgan fingerprint density at radius 3 is 2.82 bits per heavy atom. The van der Waals surface area contributed by atoms with Gasteiger partial charge in [-0.2, -0.15) is 4.98 Å². The topological polar surface area (TPSA) is 64.3 Å². The van der Waals surface area contributed by atoms with Crippen LogP contribution in [0.2, 0.25) is 0 Å².